The molecule has 0 fully saturated rings. The predicted molar refractivity (Wildman–Crippen MR) is 106 cm³/mol. The van der Waals surface area contributed by atoms with Gasteiger partial charge in [0, 0.05) is 12.3 Å². The average molecular weight is 363 g/mol. The summed E-state index contributed by atoms with van der Waals surface area (Å²) in [6.45, 7) is 3.89. The Kier molecular flexibility index (Phi) is 5.71. The van der Waals surface area contributed by atoms with Crippen molar-refractivity contribution in [1.82, 2.24) is 4.98 Å². The van der Waals surface area contributed by atoms with Gasteiger partial charge in [-0.3, -0.25) is 4.79 Å². The van der Waals surface area contributed by atoms with Crippen molar-refractivity contribution in [2.75, 3.05) is 13.7 Å². The van der Waals surface area contributed by atoms with E-state index in [1.807, 2.05) is 61.5 Å². The predicted octanol–water partition coefficient (Wildman–Crippen LogP) is 4.74. The van der Waals surface area contributed by atoms with Gasteiger partial charge in [0.05, 0.1) is 19.4 Å². The Hall–Kier alpha value is -3.34. The SMILES string of the molecule is CCOc1ccc(/C=C/c2ccc3cccc(OC(C)=O)c3n2)cc1OC. The normalized spacial score (nSPS) is 10.9. The van der Waals surface area contributed by atoms with E-state index < -0.39 is 0 Å². The van der Waals surface area contributed by atoms with Crippen molar-refractivity contribution in [3.63, 3.8) is 0 Å². The first-order valence-corrected chi connectivity index (χ1v) is 8.68. The number of carbonyl (C=O) groups excluding carboxylic acids is 1. The number of hydrogen-bond acceptors (Lipinski definition) is 5. The first-order chi connectivity index (χ1) is 13.1. The van der Waals surface area contributed by atoms with E-state index >= 15 is 0 Å². The van der Waals surface area contributed by atoms with Crippen LogP contribution in [0, 0.1) is 0 Å². The largest absolute Gasteiger partial charge is 0.493 e. The minimum atomic E-state index is -0.369. The highest BCUT2D eigenvalue weighted by Crippen LogP contribution is 2.29. The summed E-state index contributed by atoms with van der Waals surface area (Å²) in [7, 11) is 1.62. The second-order valence-electron chi connectivity index (χ2n) is 5.83. The van der Waals surface area contributed by atoms with E-state index in [1.165, 1.54) is 6.92 Å². The molecule has 0 unspecified atom stereocenters. The van der Waals surface area contributed by atoms with E-state index in [4.69, 9.17) is 14.2 Å². The van der Waals surface area contributed by atoms with Crippen LogP contribution in [0.5, 0.6) is 17.2 Å². The molecule has 2 aromatic carbocycles. The highest BCUT2D eigenvalue weighted by atomic mass is 16.5. The van der Waals surface area contributed by atoms with Crippen LogP contribution in [0.25, 0.3) is 23.1 Å². The zero-order chi connectivity index (χ0) is 19.2. The van der Waals surface area contributed by atoms with Gasteiger partial charge >= 0.3 is 5.97 Å². The van der Waals surface area contributed by atoms with Crippen molar-refractivity contribution < 1.29 is 19.0 Å². The second-order valence-corrected chi connectivity index (χ2v) is 5.83. The molecule has 1 aromatic heterocycles. The molecule has 0 atom stereocenters. The lowest BCUT2D eigenvalue weighted by Crippen LogP contribution is -2.02. The van der Waals surface area contributed by atoms with Gasteiger partial charge < -0.3 is 14.2 Å². The molecule has 1 heterocycles. The molecule has 0 radical (unpaired) electrons. The number of ether oxygens (including phenoxy) is 3. The van der Waals surface area contributed by atoms with Crippen LogP contribution >= 0.6 is 0 Å². The summed E-state index contributed by atoms with van der Waals surface area (Å²) in [4.78, 5) is 15.9. The third kappa shape index (κ3) is 4.44. The lowest BCUT2D eigenvalue weighted by molar-refractivity contribution is -0.131. The fourth-order valence-electron chi connectivity index (χ4n) is 2.71. The summed E-state index contributed by atoms with van der Waals surface area (Å²) in [5.74, 6) is 1.49. The first-order valence-electron chi connectivity index (χ1n) is 8.68. The number of nitrogens with zero attached hydrogens (tertiary/aromatic N) is 1. The monoisotopic (exact) mass is 363 g/mol. The third-order valence-corrected chi connectivity index (χ3v) is 3.89. The molecule has 3 aromatic rings. The first kappa shape index (κ1) is 18.5. The van der Waals surface area contributed by atoms with E-state index in [0.717, 1.165) is 16.6 Å². The summed E-state index contributed by atoms with van der Waals surface area (Å²) < 4.78 is 16.2. The zero-order valence-corrected chi connectivity index (χ0v) is 15.6. The van der Waals surface area contributed by atoms with Gasteiger partial charge in [-0.2, -0.15) is 0 Å². The van der Waals surface area contributed by atoms with Crippen LogP contribution in [0.4, 0.5) is 0 Å². The lowest BCUT2D eigenvalue weighted by atomic mass is 10.1. The van der Waals surface area contributed by atoms with E-state index in [2.05, 4.69) is 4.98 Å². The van der Waals surface area contributed by atoms with Gasteiger partial charge in [0.2, 0.25) is 0 Å². The molecule has 0 saturated heterocycles. The molecule has 0 aliphatic carbocycles. The second kappa shape index (κ2) is 8.36. The van der Waals surface area contributed by atoms with E-state index in [-0.39, 0.29) is 5.97 Å². The Morgan fingerprint density at radius 3 is 2.63 bits per heavy atom. The summed E-state index contributed by atoms with van der Waals surface area (Å²) in [6, 6.07) is 15.1. The topological polar surface area (TPSA) is 57.7 Å². The van der Waals surface area contributed by atoms with Crippen molar-refractivity contribution >= 4 is 29.0 Å². The molecule has 0 bridgehead atoms. The highest BCUT2D eigenvalue weighted by Gasteiger charge is 2.07. The van der Waals surface area contributed by atoms with Crippen LogP contribution in [-0.4, -0.2) is 24.7 Å². The van der Waals surface area contributed by atoms with Crippen molar-refractivity contribution in [2.24, 2.45) is 0 Å². The van der Waals surface area contributed by atoms with Gasteiger partial charge in [-0.25, -0.2) is 4.98 Å². The Morgan fingerprint density at radius 1 is 1.04 bits per heavy atom. The van der Waals surface area contributed by atoms with Crippen LogP contribution in [0.2, 0.25) is 0 Å². The molecule has 0 N–H and O–H groups in total. The van der Waals surface area contributed by atoms with Gasteiger partial charge in [0.1, 0.15) is 5.52 Å². The van der Waals surface area contributed by atoms with Crippen LogP contribution < -0.4 is 14.2 Å². The maximum absolute atomic E-state index is 11.3. The third-order valence-electron chi connectivity index (χ3n) is 3.89. The molecule has 138 valence electrons. The Bertz CT molecular complexity index is 995. The molecule has 0 amide bonds. The molecule has 0 spiro atoms. The number of para-hydroxylation sites is 1. The molecule has 5 nitrogen and oxygen atoms in total. The smallest absolute Gasteiger partial charge is 0.308 e. The van der Waals surface area contributed by atoms with Crippen molar-refractivity contribution in [3.05, 3.63) is 59.8 Å². The number of esters is 1. The molecule has 0 aliphatic rings. The number of fused-ring (bicyclic) bond motifs is 1. The molecular weight excluding hydrogens is 342 g/mol. The van der Waals surface area contributed by atoms with Crippen molar-refractivity contribution in [3.8, 4) is 17.2 Å². The van der Waals surface area contributed by atoms with E-state index in [0.29, 0.717) is 29.4 Å². The Morgan fingerprint density at radius 2 is 1.89 bits per heavy atom. The number of pyridine rings is 1. The highest BCUT2D eigenvalue weighted by molar-refractivity contribution is 5.88. The zero-order valence-electron chi connectivity index (χ0n) is 15.6. The number of rotatable bonds is 6. The Balaban J connectivity index is 1.91. The van der Waals surface area contributed by atoms with Gasteiger partial charge in [-0.05, 0) is 42.8 Å². The van der Waals surface area contributed by atoms with Gasteiger partial charge in [-0.1, -0.05) is 30.3 Å². The standard InChI is InChI=1S/C22H21NO4/c1-4-26-19-13-9-16(14-21(19)25-3)8-11-18-12-10-17-6-5-7-20(22(17)23-18)27-15(2)24/h5-14H,4H2,1-3H3/b11-8+. The van der Waals surface area contributed by atoms with Crippen LogP contribution in [0.1, 0.15) is 25.1 Å². The molecule has 3 rings (SSSR count). The quantitative estimate of drug-likeness (QED) is 0.468. The molecule has 27 heavy (non-hydrogen) atoms. The maximum Gasteiger partial charge on any atom is 0.308 e. The summed E-state index contributed by atoms with van der Waals surface area (Å²) >= 11 is 0. The molecule has 5 heteroatoms. The van der Waals surface area contributed by atoms with Gasteiger partial charge in [0.25, 0.3) is 0 Å². The summed E-state index contributed by atoms with van der Waals surface area (Å²) in [5, 5.41) is 0.911. The Labute approximate surface area is 158 Å². The fraction of sp³-hybridized carbons (Fsp3) is 0.182. The summed E-state index contributed by atoms with van der Waals surface area (Å²) in [5.41, 5.74) is 2.37. The minimum Gasteiger partial charge on any atom is -0.493 e. The van der Waals surface area contributed by atoms with E-state index in [1.54, 1.807) is 13.2 Å². The molecule has 0 aliphatic heterocycles. The molecule has 0 saturated carbocycles. The average Bonchev–Trinajstić information content (AvgIpc) is 2.67. The number of methoxy groups -OCH3 is 1. The summed E-state index contributed by atoms with van der Waals surface area (Å²) in [6.07, 6.45) is 3.85. The number of carbonyl (C=O) groups is 1. The maximum atomic E-state index is 11.3. The molecular formula is C22H21NO4. The van der Waals surface area contributed by atoms with Crippen LogP contribution in [0.15, 0.2) is 48.5 Å². The lowest BCUT2D eigenvalue weighted by Gasteiger charge is -2.09. The van der Waals surface area contributed by atoms with Gasteiger partial charge in [-0.15, -0.1) is 0 Å². The van der Waals surface area contributed by atoms with E-state index in [9.17, 15) is 4.79 Å². The minimum absolute atomic E-state index is 0.369. The number of aromatic nitrogens is 1. The number of benzene rings is 2. The number of hydrogen-bond donors (Lipinski definition) is 0. The van der Waals surface area contributed by atoms with Gasteiger partial charge in [0.15, 0.2) is 17.2 Å². The van der Waals surface area contributed by atoms with Crippen LogP contribution in [-0.2, 0) is 4.79 Å². The fourth-order valence-corrected chi connectivity index (χ4v) is 2.71. The van der Waals surface area contributed by atoms with Crippen molar-refractivity contribution in [1.29, 1.82) is 0 Å². The van der Waals surface area contributed by atoms with Crippen LogP contribution in [0.3, 0.4) is 0 Å². The van der Waals surface area contributed by atoms with Crippen molar-refractivity contribution in [2.45, 2.75) is 13.8 Å².